The van der Waals surface area contributed by atoms with Gasteiger partial charge in [-0.15, -0.1) is 0 Å². The van der Waals surface area contributed by atoms with E-state index in [0.717, 1.165) is 6.07 Å². The molecule has 0 unspecified atom stereocenters. The first-order valence-electron chi connectivity index (χ1n) is 10.3. The number of rotatable bonds is 7. The highest BCUT2D eigenvalue weighted by atomic mass is 32.2. The maximum Gasteiger partial charge on any atom is 0.276 e. The second-order valence-electron chi connectivity index (χ2n) is 7.74. The Morgan fingerprint density at radius 1 is 1.11 bits per heavy atom. The SMILES string of the molecule is Cc1ccc(S(=O)(=O)N/N=C/c2c(C)c(C(=O)c3ccc(F)cc3)n3ccccc23)cc1[N+](=O)[O-]. The van der Waals surface area contributed by atoms with E-state index in [1.165, 1.54) is 49.5 Å². The fourth-order valence-electron chi connectivity index (χ4n) is 3.70. The van der Waals surface area contributed by atoms with E-state index in [4.69, 9.17) is 0 Å². The normalized spacial score (nSPS) is 11.7. The van der Waals surface area contributed by atoms with Gasteiger partial charge in [0, 0.05) is 29.0 Å². The molecule has 2 aromatic carbocycles. The molecule has 0 amide bonds. The molecule has 0 atom stereocenters. The van der Waals surface area contributed by atoms with E-state index in [1.54, 1.807) is 35.7 Å². The van der Waals surface area contributed by atoms with Gasteiger partial charge in [-0.05, 0) is 61.9 Å². The third kappa shape index (κ3) is 4.53. The topological polar surface area (TPSA) is 123 Å². The molecule has 0 radical (unpaired) electrons. The molecule has 2 heterocycles. The summed E-state index contributed by atoms with van der Waals surface area (Å²) in [5.74, 6) is -0.798. The summed E-state index contributed by atoms with van der Waals surface area (Å²) in [6.45, 7) is 3.20. The number of nitrogens with one attached hydrogen (secondary N) is 1. The van der Waals surface area contributed by atoms with Gasteiger partial charge >= 0.3 is 0 Å². The molecule has 0 aliphatic heterocycles. The van der Waals surface area contributed by atoms with Crippen molar-refractivity contribution in [1.29, 1.82) is 0 Å². The minimum Gasteiger partial charge on any atom is -0.313 e. The van der Waals surface area contributed by atoms with Crippen molar-refractivity contribution in [2.45, 2.75) is 18.7 Å². The number of nitro benzene ring substituents is 1. The number of nitrogens with zero attached hydrogens (tertiary/aromatic N) is 3. The van der Waals surface area contributed by atoms with Crippen molar-refractivity contribution in [3.8, 4) is 0 Å². The molecule has 1 N–H and O–H groups in total. The van der Waals surface area contributed by atoms with Crippen molar-refractivity contribution in [1.82, 2.24) is 9.23 Å². The van der Waals surface area contributed by atoms with E-state index in [0.29, 0.717) is 33.5 Å². The number of carbonyl (C=O) groups excluding carboxylic acids is 1. The number of fused-ring (bicyclic) bond motifs is 1. The van der Waals surface area contributed by atoms with Crippen LogP contribution in [0.1, 0.15) is 32.7 Å². The van der Waals surface area contributed by atoms with E-state index in [1.807, 2.05) is 0 Å². The molecule has 11 heteroatoms. The molecule has 0 saturated heterocycles. The molecule has 0 saturated carbocycles. The van der Waals surface area contributed by atoms with Crippen LogP contribution < -0.4 is 4.83 Å². The van der Waals surface area contributed by atoms with Crippen LogP contribution in [0.4, 0.5) is 10.1 Å². The van der Waals surface area contributed by atoms with Gasteiger partial charge in [-0.25, -0.2) is 9.22 Å². The van der Waals surface area contributed by atoms with Crippen LogP contribution in [0.2, 0.25) is 0 Å². The molecule has 0 aliphatic rings. The Bertz CT molecular complexity index is 1610. The molecule has 0 spiro atoms. The van der Waals surface area contributed by atoms with Crippen LogP contribution in [0.5, 0.6) is 0 Å². The first-order chi connectivity index (χ1) is 16.6. The Balaban J connectivity index is 1.70. The highest BCUT2D eigenvalue weighted by Gasteiger charge is 2.22. The molecule has 0 bridgehead atoms. The van der Waals surface area contributed by atoms with Gasteiger partial charge in [0.1, 0.15) is 5.82 Å². The van der Waals surface area contributed by atoms with E-state index in [-0.39, 0.29) is 16.4 Å². The van der Waals surface area contributed by atoms with Crippen LogP contribution >= 0.6 is 0 Å². The fourth-order valence-corrected chi connectivity index (χ4v) is 4.52. The van der Waals surface area contributed by atoms with Crippen LogP contribution in [0.3, 0.4) is 0 Å². The van der Waals surface area contributed by atoms with Crippen LogP contribution in [0.25, 0.3) is 5.52 Å². The zero-order valence-corrected chi connectivity index (χ0v) is 19.4. The molecule has 178 valence electrons. The van der Waals surface area contributed by atoms with E-state index in [2.05, 4.69) is 9.93 Å². The number of hydrogen-bond donors (Lipinski definition) is 1. The summed E-state index contributed by atoms with van der Waals surface area (Å²) < 4.78 is 40.2. The first kappa shape index (κ1) is 23.8. The average Bonchev–Trinajstić information content (AvgIpc) is 3.10. The number of nitro groups is 1. The average molecular weight is 495 g/mol. The molecular weight excluding hydrogens is 475 g/mol. The van der Waals surface area contributed by atoms with Crippen LogP contribution in [0, 0.1) is 29.8 Å². The highest BCUT2D eigenvalue weighted by molar-refractivity contribution is 7.89. The number of carbonyl (C=O) groups is 1. The molecule has 2 aromatic heterocycles. The zero-order chi connectivity index (χ0) is 25.3. The molecule has 35 heavy (non-hydrogen) atoms. The minimum atomic E-state index is -4.19. The highest BCUT2D eigenvalue weighted by Crippen LogP contribution is 2.25. The van der Waals surface area contributed by atoms with Gasteiger partial charge in [0.2, 0.25) is 5.78 Å². The number of hydrogen-bond acceptors (Lipinski definition) is 6. The van der Waals surface area contributed by atoms with Crippen molar-refractivity contribution in [2.24, 2.45) is 5.10 Å². The first-order valence-corrected chi connectivity index (χ1v) is 11.8. The van der Waals surface area contributed by atoms with Crippen LogP contribution in [-0.4, -0.2) is 29.7 Å². The lowest BCUT2D eigenvalue weighted by molar-refractivity contribution is -0.385. The van der Waals surface area contributed by atoms with Crippen molar-refractivity contribution in [3.63, 3.8) is 0 Å². The Morgan fingerprint density at radius 2 is 1.83 bits per heavy atom. The van der Waals surface area contributed by atoms with Crippen molar-refractivity contribution >= 4 is 33.2 Å². The van der Waals surface area contributed by atoms with Crippen molar-refractivity contribution < 1.29 is 22.5 Å². The number of benzene rings is 2. The van der Waals surface area contributed by atoms with Crippen molar-refractivity contribution in [2.75, 3.05) is 0 Å². The smallest absolute Gasteiger partial charge is 0.276 e. The number of aryl methyl sites for hydroxylation is 1. The maximum atomic E-state index is 13.3. The monoisotopic (exact) mass is 494 g/mol. The van der Waals surface area contributed by atoms with Gasteiger partial charge in [-0.2, -0.15) is 13.5 Å². The summed E-state index contributed by atoms with van der Waals surface area (Å²) in [6, 6.07) is 14.0. The molecular formula is C24H19FN4O5S. The third-order valence-corrected chi connectivity index (χ3v) is 6.73. The summed E-state index contributed by atoms with van der Waals surface area (Å²) in [5, 5.41) is 15.0. The third-order valence-electron chi connectivity index (χ3n) is 5.51. The molecule has 4 aromatic rings. The number of pyridine rings is 1. The molecule has 0 fully saturated rings. The van der Waals surface area contributed by atoms with Crippen molar-refractivity contribution in [3.05, 3.63) is 111 Å². The maximum absolute atomic E-state index is 13.3. The quantitative estimate of drug-likeness (QED) is 0.179. The summed E-state index contributed by atoms with van der Waals surface area (Å²) >= 11 is 0. The lowest BCUT2D eigenvalue weighted by Gasteiger charge is -2.04. The minimum absolute atomic E-state index is 0.294. The van der Waals surface area contributed by atoms with Gasteiger partial charge in [0.15, 0.2) is 0 Å². The van der Waals surface area contributed by atoms with Gasteiger partial charge in [0.05, 0.1) is 27.2 Å². The number of sulfonamides is 1. The summed E-state index contributed by atoms with van der Waals surface area (Å²) in [4.78, 5) is 25.4. The molecule has 0 aliphatic carbocycles. The second-order valence-corrected chi connectivity index (χ2v) is 9.40. The lowest BCUT2D eigenvalue weighted by Crippen LogP contribution is -2.18. The van der Waals surface area contributed by atoms with Gasteiger partial charge in [-0.1, -0.05) is 12.1 Å². The Labute approximate surface area is 199 Å². The predicted octanol–water partition coefficient (Wildman–Crippen LogP) is 4.15. The van der Waals surface area contributed by atoms with Gasteiger partial charge in [-0.3, -0.25) is 14.9 Å². The standard InChI is InChI=1S/C24H19FN4O5S/c1-15-6-11-19(13-22(15)29(31)32)35(33,34)27-26-14-20-16(2)23(28-12-4-3-5-21(20)28)24(30)17-7-9-18(25)10-8-17/h3-14,27H,1-2H3/b26-14+. The molecule has 4 rings (SSSR count). The van der Waals surface area contributed by atoms with Crippen LogP contribution in [0.15, 0.2) is 76.9 Å². The van der Waals surface area contributed by atoms with Crippen LogP contribution in [-0.2, 0) is 10.0 Å². The number of halogens is 1. The molecule has 9 nitrogen and oxygen atoms in total. The number of aromatic nitrogens is 1. The lowest BCUT2D eigenvalue weighted by atomic mass is 10.0. The fraction of sp³-hybridized carbons (Fsp3) is 0.0833. The number of hydrazone groups is 1. The summed E-state index contributed by atoms with van der Waals surface area (Å²) in [7, 11) is -4.19. The van der Waals surface area contributed by atoms with E-state index in [9.17, 15) is 27.7 Å². The Kier molecular flexibility index (Phi) is 6.18. The summed E-state index contributed by atoms with van der Waals surface area (Å²) in [6.07, 6.45) is 2.96. The Morgan fingerprint density at radius 3 is 2.51 bits per heavy atom. The second kappa shape index (κ2) is 9.11. The Hall–Kier alpha value is -4.38. The predicted molar refractivity (Wildman–Crippen MR) is 128 cm³/mol. The largest absolute Gasteiger partial charge is 0.313 e. The van der Waals surface area contributed by atoms with E-state index < -0.39 is 20.8 Å². The van der Waals surface area contributed by atoms with E-state index >= 15 is 0 Å². The summed E-state index contributed by atoms with van der Waals surface area (Å²) in [5.41, 5.74) is 2.26. The number of ketones is 1. The zero-order valence-electron chi connectivity index (χ0n) is 18.6. The van der Waals surface area contributed by atoms with Gasteiger partial charge in [0.25, 0.3) is 15.7 Å². The van der Waals surface area contributed by atoms with Gasteiger partial charge < -0.3 is 4.40 Å².